The first-order valence-electron chi connectivity index (χ1n) is 3.27. The summed E-state index contributed by atoms with van der Waals surface area (Å²) >= 11 is 0. The van der Waals surface area contributed by atoms with Crippen molar-refractivity contribution >= 4 is 0 Å². The summed E-state index contributed by atoms with van der Waals surface area (Å²) in [6, 6.07) is 0. The van der Waals surface area contributed by atoms with Crippen molar-refractivity contribution in [2.75, 3.05) is 7.05 Å². The molecule has 0 aliphatic carbocycles. The molecule has 0 fully saturated rings. The number of nitrogens with zero attached hydrogens (tertiary/aromatic N) is 4. The fraction of sp³-hybridized carbons (Fsp3) is 0.250. The van der Waals surface area contributed by atoms with Crippen molar-refractivity contribution in [1.82, 2.24) is 0 Å². The molecule has 5 heteroatoms. The predicted molar refractivity (Wildman–Crippen MR) is 50.6 cm³/mol. The molecule has 0 aromatic carbocycles. The standard InChI is InChI=1S/C7H9N2.CH3N2.U/c1-3-4-5-6-7(2)9-8;1-3-2;/h3-6H,1H2,2H3;1H3;/q2*-1;+2/b5-4-,7-6+;;. The molecule has 68 valence electrons. The Morgan fingerprint density at radius 2 is 1.77 bits per heavy atom. The van der Waals surface area contributed by atoms with Gasteiger partial charge < -0.3 is 21.3 Å². The quantitative estimate of drug-likeness (QED) is 0.514. The average Bonchev–Trinajstić information content (AvgIpc) is 2.06. The molecule has 13 heavy (non-hydrogen) atoms. The Kier molecular flexibility index (Phi) is 24.7. The van der Waals surface area contributed by atoms with Crippen LogP contribution in [0, 0.1) is 31.1 Å². The van der Waals surface area contributed by atoms with Gasteiger partial charge in [-0.1, -0.05) is 24.8 Å². The van der Waals surface area contributed by atoms with E-state index >= 15 is 0 Å². The summed E-state index contributed by atoms with van der Waals surface area (Å²) < 4.78 is 0. The smallest absolute Gasteiger partial charge is 0.712 e. The summed E-state index contributed by atoms with van der Waals surface area (Å²) in [5.74, 6) is 0. The van der Waals surface area contributed by atoms with Crippen LogP contribution in [0.5, 0.6) is 0 Å². The van der Waals surface area contributed by atoms with E-state index in [0.717, 1.165) is 0 Å². The molecule has 0 spiro atoms. The summed E-state index contributed by atoms with van der Waals surface area (Å²) in [4.78, 5) is 0. The Balaban J connectivity index is -0.000000220. The fourth-order valence-corrected chi connectivity index (χ4v) is 0.307. The van der Waals surface area contributed by atoms with E-state index in [1.165, 1.54) is 7.05 Å². The third-order valence-corrected chi connectivity index (χ3v) is 0.742. The molecule has 0 aromatic rings. The van der Waals surface area contributed by atoms with Crippen LogP contribution in [0.15, 0.2) is 46.8 Å². The van der Waals surface area contributed by atoms with Crippen molar-refractivity contribution in [1.29, 1.82) is 0 Å². The van der Waals surface area contributed by atoms with Gasteiger partial charge in [0.2, 0.25) is 0 Å². The van der Waals surface area contributed by atoms with Crippen LogP contribution in [0.4, 0.5) is 0 Å². The Hall–Kier alpha value is -0.528. The monoisotopic (exact) mass is 402 g/mol. The van der Waals surface area contributed by atoms with Gasteiger partial charge in [-0.05, 0) is 13.0 Å². The second kappa shape index (κ2) is 17.5. The molecule has 0 saturated carbocycles. The average molecular weight is 402 g/mol. The second-order valence-electron chi connectivity index (χ2n) is 1.73. The Morgan fingerprint density at radius 1 is 1.31 bits per heavy atom. The molecule has 0 aliphatic heterocycles. The number of rotatable bonds is 3. The first kappa shape index (κ1) is 18.3. The number of hydrogen-bond donors (Lipinski definition) is 0. The molecular weight excluding hydrogens is 390 g/mol. The van der Waals surface area contributed by atoms with Gasteiger partial charge in [0.25, 0.3) is 0 Å². The van der Waals surface area contributed by atoms with Crippen molar-refractivity contribution in [2.24, 2.45) is 10.2 Å². The van der Waals surface area contributed by atoms with E-state index in [1.807, 2.05) is 0 Å². The van der Waals surface area contributed by atoms with Crippen molar-refractivity contribution in [3.8, 4) is 0 Å². The maximum absolute atomic E-state index is 8.13. The van der Waals surface area contributed by atoms with Crippen LogP contribution in [0.25, 0.3) is 11.1 Å². The van der Waals surface area contributed by atoms with E-state index in [2.05, 4.69) is 16.8 Å². The van der Waals surface area contributed by atoms with Crippen LogP contribution >= 0.6 is 0 Å². The summed E-state index contributed by atoms with van der Waals surface area (Å²) in [5.41, 5.74) is 15.9. The molecule has 0 aliphatic rings. The first-order chi connectivity index (χ1) is 5.72. The molecule has 0 aromatic heterocycles. The van der Waals surface area contributed by atoms with Crippen LogP contribution in [-0.2, 0) is 0 Å². The van der Waals surface area contributed by atoms with Crippen molar-refractivity contribution in [3.63, 3.8) is 0 Å². The number of allylic oxidation sites excluding steroid dienone is 5. The maximum atomic E-state index is 8.13. The normalized spacial score (nSPS) is 9.23. The first-order valence-corrected chi connectivity index (χ1v) is 3.27. The molecule has 0 N–H and O–H groups in total. The topological polar surface area (TPSA) is 69.3 Å². The van der Waals surface area contributed by atoms with E-state index in [9.17, 15) is 0 Å². The molecule has 0 amide bonds. The van der Waals surface area contributed by atoms with Gasteiger partial charge in [-0.25, -0.2) is 0 Å². The van der Waals surface area contributed by atoms with Gasteiger partial charge in [0.15, 0.2) is 0 Å². The summed E-state index contributed by atoms with van der Waals surface area (Å²) in [6.07, 6.45) is 6.85. The summed E-state index contributed by atoms with van der Waals surface area (Å²) in [5, 5.41) is 5.44. The maximum Gasteiger partial charge on any atom is 2.00 e. The minimum absolute atomic E-state index is 0. The van der Waals surface area contributed by atoms with Gasteiger partial charge >= 0.3 is 31.1 Å². The van der Waals surface area contributed by atoms with E-state index in [1.54, 1.807) is 31.2 Å². The third kappa shape index (κ3) is 24.6. The Morgan fingerprint density at radius 3 is 2.08 bits per heavy atom. The van der Waals surface area contributed by atoms with Gasteiger partial charge in [-0.2, -0.15) is 0 Å². The molecule has 0 heterocycles. The molecule has 0 radical (unpaired) electrons. The zero-order chi connectivity index (χ0) is 9.82. The molecule has 0 atom stereocenters. The fourth-order valence-electron chi connectivity index (χ4n) is 0.307. The predicted octanol–water partition coefficient (Wildman–Crippen LogP) is 3.29. The van der Waals surface area contributed by atoms with Gasteiger partial charge in [0.05, 0.1) is 0 Å². The van der Waals surface area contributed by atoms with E-state index in [-0.39, 0.29) is 31.1 Å². The largest absolute Gasteiger partial charge is 2.00 e. The van der Waals surface area contributed by atoms with Crippen LogP contribution in [0.3, 0.4) is 0 Å². The summed E-state index contributed by atoms with van der Waals surface area (Å²) in [6.45, 7) is 5.18. The van der Waals surface area contributed by atoms with Crippen LogP contribution in [0.1, 0.15) is 6.92 Å². The van der Waals surface area contributed by atoms with Gasteiger partial charge in [0, 0.05) is 12.7 Å². The zero-order valence-corrected chi connectivity index (χ0v) is 12.0. The van der Waals surface area contributed by atoms with Crippen molar-refractivity contribution in [3.05, 3.63) is 47.6 Å². The van der Waals surface area contributed by atoms with Crippen LogP contribution < -0.4 is 0 Å². The van der Waals surface area contributed by atoms with Crippen molar-refractivity contribution < 1.29 is 31.1 Å². The van der Waals surface area contributed by atoms with Gasteiger partial charge in [0.1, 0.15) is 0 Å². The van der Waals surface area contributed by atoms with Crippen LogP contribution in [0.2, 0.25) is 0 Å². The molecule has 4 nitrogen and oxygen atoms in total. The molecule has 0 saturated heterocycles. The Bertz CT molecular complexity index is 196. The van der Waals surface area contributed by atoms with Gasteiger partial charge in [-0.15, -0.1) is 0 Å². The van der Waals surface area contributed by atoms with Crippen LogP contribution in [-0.4, -0.2) is 7.05 Å². The molecule has 0 bridgehead atoms. The number of hydrogen-bond acceptors (Lipinski definition) is 2. The Labute approximate surface area is 103 Å². The van der Waals surface area contributed by atoms with E-state index in [4.69, 9.17) is 11.1 Å². The summed E-state index contributed by atoms with van der Waals surface area (Å²) in [7, 11) is 1.31. The minimum Gasteiger partial charge on any atom is -0.712 e. The second-order valence-corrected chi connectivity index (χ2v) is 1.73. The van der Waals surface area contributed by atoms with E-state index in [0.29, 0.717) is 5.70 Å². The van der Waals surface area contributed by atoms with Crippen molar-refractivity contribution in [2.45, 2.75) is 6.92 Å². The zero-order valence-electron chi connectivity index (χ0n) is 7.81. The van der Waals surface area contributed by atoms with E-state index < -0.39 is 0 Å². The third-order valence-electron chi connectivity index (χ3n) is 0.742. The molecule has 0 unspecified atom stereocenters. The minimum atomic E-state index is 0. The SMILES string of the molecule is C=C/C=C\C=C(/C)N=[N-].CN=[N-].[U+2]. The molecule has 0 rings (SSSR count). The van der Waals surface area contributed by atoms with Gasteiger partial charge in [-0.3, -0.25) is 0 Å². The molecular formula is C8H12N4U.